The number of amides is 1. The van der Waals surface area contributed by atoms with Crippen LogP contribution in [0.3, 0.4) is 0 Å². The van der Waals surface area contributed by atoms with Gasteiger partial charge in [-0.3, -0.25) is 9.59 Å². The van der Waals surface area contributed by atoms with Gasteiger partial charge in [-0.05, 0) is 117 Å². The highest BCUT2D eigenvalue weighted by Gasteiger charge is 2.28. The lowest BCUT2D eigenvalue weighted by Crippen LogP contribution is -2.24. The molecule has 5 heterocycles. The van der Waals surface area contributed by atoms with E-state index in [9.17, 15) is 14.7 Å². The Balaban J connectivity index is 1.38. The van der Waals surface area contributed by atoms with Gasteiger partial charge >= 0.3 is 5.97 Å². The van der Waals surface area contributed by atoms with Gasteiger partial charge in [0.25, 0.3) is 0 Å². The fourth-order valence-corrected chi connectivity index (χ4v) is 6.87. The first kappa shape index (κ1) is 35.1. The molecule has 8 heteroatoms. The van der Waals surface area contributed by atoms with Crippen LogP contribution in [-0.4, -0.2) is 46.4 Å². The van der Waals surface area contributed by atoms with Gasteiger partial charge in [0, 0.05) is 30.5 Å². The highest BCUT2D eigenvalue weighted by Crippen LogP contribution is 2.37. The van der Waals surface area contributed by atoms with E-state index in [0.717, 1.165) is 85.9 Å². The van der Waals surface area contributed by atoms with Crippen LogP contribution >= 0.6 is 0 Å². The van der Waals surface area contributed by atoms with Crippen molar-refractivity contribution in [3.05, 3.63) is 153 Å². The van der Waals surface area contributed by atoms with Crippen molar-refractivity contribution in [2.75, 3.05) is 6.54 Å². The summed E-state index contributed by atoms with van der Waals surface area (Å²) in [5, 5.41) is 12.7. The molecule has 0 saturated carbocycles. The van der Waals surface area contributed by atoms with Crippen LogP contribution in [0.5, 0.6) is 0 Å². The van der Waals surface area contributed by atoms with Crippen LogP contribution in [0.25, 0.3) is 0 Å². The third kappa shape index (κ3) is 7.41. The maximum Gasteiger partial charge on any atom is 0.303 e. The van der Waals surface area contributed by atoms with Gasteiger partial charge in [-0.2, -0.15) is 0 Å². The molecule has 5 aliphatic heterocycles. The molecule has 0 unspecified atom stereocenters. The van der Waals surface area contributed by atoms with Crippen LogP contribution in [0.2, 0.25) is 0 Å². The first-order chi connectivity index (χ1) is 24.6. The average molecular weight is 678 g/mol. The number of carboxylic acids is 1. The average Bonchev–Trinajstić information content (AvgIpc) is 3.77. The first-order valence-corrected chi connectivity index (χ1v) is 17.4. The Bertz CT molecular complexity index is 2140. The van der Waals surface area contributed by atoms with Crippen LogP contribution < -0.4 is 5.32 Å². The number of fused-ring (bicyclic) bond motifs is 4. The molecule has 2 N–H and O–H groups in total. The number of hydrogen-bond acceptors (Lipinski definition) is 6. The minimum atomic E-state index is -0.877. The predicted octanol–water partition coefficient (Wildman–Crippen LogP) is 8.39. The number of aliphatic imine (C=N–C) groups is 4. The summed E-state index contributed by atoms with van der Waals surface area (Å²) in [6.07, 6.45) is 14.3. The Labute approximate surface area is 299 Å². The Morgan fingerprint density at radius 2 is 1.18 bits per heavy atom. The molecule has 1 aromatic carbocycles. The van der Waals surface area contributed by atoms with Crippen molar-refractivity contribution in [1.82, 2.24) is 5.32 Å². The molecule has 8 nitrogen and oxygen atoms in total. The van der Waals surface area contributed by atoms with E-state index in [1.54, 1.807) is 6.08 Å². The summed E-state index contributed by atoms with van der Waals surface area (Å²) < 4.78 is 0. The molecule has 0 aromatic heterocycles. The van der Waals surface area contributed by atoms with Crippen molar-refractivity contribution in [1.29, 1.82) is 0 Å². The van der Waals surface area contributed by atoms with E-state index in [1.807, 2.05) is 76.3 Å². The highest BCUT2D eigenvalue weighted by molar-refractivity contribution is 6.20. The van der Waals surface area contributed by atoms with E-state index in [0.29, 0.717) is 42.9 Å². The second kappa shape index (κ2) is 15.0. The molecule has 0 aliphatic carbocycles. The molecule has 1 amide bonds. The number of nitrogens with zero attached hydrogens (tertiary/aromatic N) is 4. The lowest BCUT2D eigenvalue weighted by molar-refractivity contribution is -0.137. The first-order valence-electron chi connectivity index (χ1n) is 17.4. The van der Waals surface area contributed by atoms with E-state index < -0.39 is 5.97 Å². The van der Waals surface area contributed by atoms with E-state index in [1.165, 1.54) is 5.56 Å². The molecule has 5 aliphatic rings. The predicted molar refractivity (Wildman–Crippen MR) is 207 cm³/mol. The summed E-state index contributed by atoms with van der Waals surface area (Å²) in [6, 6.07) is 10.3. The molecule has 8 bridgehead atoms. The molecule has 0 spiro atoms. The summed E-state index contributed by atoms with van der Waals surface area (Å²) in [5.74, 6) is -0.892. The molecule has 0 radical (unpaired) electrons. The second-order valence-electron chi connectivity index (χ2n) is 13.1. The third-order valence-corrected chi connectivity index (χ3v) is 9.88. The number of allylic oxidation sites excluding steroid dienone is 12. The lowest BCUT2D eigenvalue weighted by atomic mass is 9.96. The number of nitrogens with one attached hydrogen (secondary N) is 1. The van der Waals surface area contributed by atoms with Crippen molar-refractivity contribution in [3.63, 3.8) is 0 Å². The third-order valence-electron chi connectivity index (χ3n) is 9.88. The highest BCUT2D eigenvalue weighted by atomic mass is 16.4. The Morgan fingerprint density at radius 1 is 0.647 bits per heavy atom. The maximum atomic E-state index is 13.1. The molecular weight excluding hydrogens is 635 g/mol. The van der Waals surface area contributed by atoms with E-state index in [4.69, 9.17) is 20.0 Å². The van der Waals surface area contributed by atoms with Crippen LogP contribution in [0.15, 0.2) is 167 Å². The Morgan fingerprint density at radius 3 is 1.78 bits per heavy atom. The Hall–Kier alpha value is -5.76. The summed E-state index contributed by atoms with van der Waals surface area (Å²) in [6.45, 7) is 16.8. The molecule has 0 fully saturated rings. The van der Waals surface area contributed by atoms with E-state index >= 15 is 0 Å². The summed E-state index contributed by atoms with van der Waals surface area (Å²) >= 11 is 0. The van der Waals surface area contributed by atoms with Crippen LogP contribution in [0.1, 0.15) is 65.4 Å². The number of benzene rings is 1. The van der Waals surface area contributed by atoms with Crippen molar-refractivity contribution < 1.29 is 14.7 Å². The lowest BCUT2D eigenvalue weighted by Gasteiger charge is -2.09. The van der Waals surface area contributed by atoms with Crippen LogP contribution in [0.4, 0.5) is 0 Å². The van der Waals surface area contributed by atoms with Gasteiger partial charge in [-0.1, -0.05) is 55.6 Å². The van der Waals surface area contributed by atoms with Crippen molar-refractivity contribution >= 4 is 34.7 Å². The zero-order chi connectivity index (χ0) is 36.2. The fourth-order valence-electron chi connectivity index (χ4n) is 6.87. The molecule has 51 heavy (non-hydrogen) atoms. The molecule has 1 aromatic rings. The largest absolute Gasteiger partial charge is 0.481 e. The second-order valence-corrected chi connectivity index (χ2v) is 13.1. The maximum absolute atomic E-state index is 13.1. The van der Waals surface area contributed by atoms with Crippen LogP contribution in [0, 0.1) is 0 Å². The molecule has 258 valence electrons. The summed E-state index contributed by atoms with van der Waals surface area (Å²) in [4.78, 5) is 44.9. The normalized spacial score (nSPS) is 18.2. The molecule has 0 saturated heterocycles. The van der Waals surface area contributed by atoms with Gasteiger partial charge in [-0.15, -0.1) is 0 Å². The number of aliphatic carboxylic acids is 1. The standard InChI is InChI=1S/C43H43N5O3/c1-7-30-25(3)34-21-35-27(5)32(16-18-42(49)44-20-12-15-29-13-10-9-11-14-29)40(47-35)24-41-33(17-19-43(50)51)28(6)37(48-41)23-39-31(8-2)26(4)36(46-39)22-38(30)45-34/h7-11,13-14,21-24H,1-2,12,15-20H2,3-6H3,(H,44,49)(H,50,51). The number of carbonyl (C=O) groups is 2. The van der Waals surface area contributed by atoms with E-state index in [-0.39, 0.29) is 12.3 Å². The van der Waals surface area contributed by atoms with Crippen molar-refractivity contribution in [3.8, 4) is 0 Å². The van der Waals surface area contributed by atoms with Crippen LogP contribution in [-0.2, 0) is 16.0 Å². The monoisotopic (exact) mass is 677 g/mol. The minimum absolute atomic E-state index is 0.0149. The molecule has 6 rings (SSSR count). The number of hydrogen-bond donors (Lipinski definition) is 2. The minimum Gasteiger partial charge on any atom is -0.481 e. The number of aryl methyl sites for hydroxylation is 1. The summed E-state index contributed by atoms with van der Waals surface area (Å²) in [7, 11) is 0. The smallest absolute Gasteiger partial charge is 0.303 e. The number of rotatable bonds is 12. The number of carbonyl (C=O) groups excluding carboxylic acids is 1. The van der Waals surface area contributed by atoms with Gasteiger partial charge in [0.05, 0.1) is 45.6 Å². The van der Waals surface area contributed by atoms with E-state index in [2.05, 4.69) is 30.6 Å². The van der Waals surface area contributed by atoms with Gasteiger partial charge in [0.1, 0.15) is 0 Å². The van der Waals surface area contributed by atoms with Gasteiger partial charge < -0.3 is 10.4 Å². The van der Waals surface area contributed by atoms with Gasteiger partial charge in [0.15, 0.2) is 0 Å². The fraction of sp³-hybridized carbons (Fsp3) is 0.256. The zero-order valence-corrected chi connectivity index (χ0v) is 29.8. The Kier molecular flexibility index (Phi) is 10.3. The quantitative estimate of drug-likeness (QED) is 0.217. The summed E-state index contributed by atoms with van der Waals surface area (Å²) in [5.41, 5.74) is 14.6. The topological polar surface area (TPSA) is 116 Å². The zero-order valence-electron chi connectivity index (χ0n) is 29.8. The SMILES string of the molecule is C=CC1=C(C)C2=NC1=CC1=NC(=CC3=NC(=CC4=NC(=C2)C(C)=C4CCC(=O)NCCCc2ccccc2)C(CCC(=O)O)=C3C)C(C=C)=C1C. The van der Waals surface area contributed by atoms with Crippen molar-refractivity contribution in [2.45, 2.75) is 66.2 Å². The van der Waals surface area contributed by atoms with Gasteiger partial charge in [0.2, 0.25) is 5.91 Å². The molecular formula is C43H43N5O3. The van der Waals surface area contributed by atoms with Crippen molar-refractivity contribution in [2.24, 2.45) is 20.0 Å². The molecule has 0 atom stereocenters. The number of carboxylic acid groups (broad SMARTS) is 1. The van der Waals surface area contributed by atoms with Gasteiger partial charge in [-0.25, -0.2) is 20.0 Å².